The summed E-state index contributed by atoms with van der Waals surface area (Å²) in [5.74, 6) is 0.267. The lowest BCUT2D eigenvalue weighted by atomic mass is 10.2. The maximum atomic E-state index is 8.55. The van der Waals surface area contributed by atoms with Gasteiger partial charge in [0.2, 0.25) is 0 Å². The van der Waals surface area contributed by atoms with Crippen LogP contribution in [0.1, 0.15) is 31.4 Å². The highest BCUT2D eigenvalue weighted by Crippen LogP contribution is 2.09. The molecule has 18 heavy (non-hydrogen) atoms. The number of nitrogens with two attached hydrogens (primary N) is 1. The van der Waals surface area contributed by atoms with E-state index in [1.54, 1.807) is 0 Å². The van der Waals surface area contributed by atoms with Crippen molar-refractivity contribution in [1.29, 1.82) is 0 Å². The molecule has 0 saturated heterocycles. The highest BCUT2D eigenvalue weighted by molar-refractivity contribution is 5.79. The molecule has 0 spiro atoms. The van der Waals surface area contributed by atoms with Gasteiger partial charge in [-0.3, -0.25) is 9.88 Å². The summed E-state index contributed by atoms with van der Waals surface area (Å²) in [4.78, 5) is 6.47. The van der Waals surface area contributed by atoms with Gasteiger partial charge >= 0.3 is 0 Å². The lowest BCUT2D eigenvalue weighted by Gasteiger charge is -2.26. The van der Waals surface area contributed by atoms with Gasteiger partial charge in [-0.2, -0.15) is 0 Å². The Kier molecular flexibility index (Phi) is 5.58. The van der Waals surface area contributed by atoms with Crippen molar-refractivity contribution < 1.29 is 5.21 Å². The normalized spacial score (nSPS) is 12.4. The second kappa shape index (κ2) is 6.96. The third-order valence-electron chi connectivity index (χ3n) is 2.83. The first kappa shape index (κ1) is 14.4. The molecule has 100 valence electrons. The predicted molar refractivity (Wildman–Crippen MR) is 72.5 cm³/mol. The molecule has 0 bridgehead atoms. The minimum atomic E-state index is 0.267. The molecule has 0 saturated carbocycles. The fraction of sp³-hybridized carbons (Fsp3) is 0.538. The molecule has 0 atom stereocenters. The van der Waals surface area contributed by atoms with Gasteiger partial charge in [-0.15, -0.1) is 0 Å². The molecule has 0 aliphatic heterocycles. The van der Waals surface area contributed by atoms with Gasteiger partial charge in [0.15, 0.2) is 0 Å². The zero-order chi connectivity index (χ0) is 13.5. The predicted octanol–water partition coefficient (Wildman–Crippen LogP) is 1.74. The standard InChI is InChI=1S/C13H22N4O/c1-10(2)17(5-4-13(14)16-18)9-12-6-11(3)7-15-8-12/h6-8,10,18H,4-5,9H2,1-3H3,(H2,14,16). The average Bonchev–Trinajstić information content (AvgIpc) is 2.33. The molecule has 0 amide bonds. The Hall–Kier alpha value is -1.62. The first-order valence-electron chi connectivity index (χ1n) is 6.14. The van der Waals surface area contributed by atoms with E-state index in [2.05, 4.69) is 35.0 Å². The highest BCUT2D eigenvalue weighted by Gasteiger charge is 2.11. The SMILES string of the molecule is Cc1cncc(CN(CC/C(N)=N/O)C(C)C)c1. The van der Waals surface area contributed by atoms with Crippen LogP contribution in [0.25, 0.3) is 0 Å². The van der Waals surface area contributed by atoms with Crippen LogP contribution in [-0.2, 0) is 6.54 Å². The van der Waals surface area contributed by atoms with Gasteiger partial charge in [0, 0.05) is 37.9 Å². The second-order valence-corrected chi connectivity index (χ2v) is 4.78. The van der Waals surface area contributed by atoms with E-state index in [0.29, 0.717) is 12.5 Å². The van der Waals surface area contributed by atoms with Crippen LogP contribution in [0.5, 0.6) is 0 Å². The largest absolute Gasteiger partial charge is 0.409 e. The molecule has 1 heterocycles. The van der Waals surface area contributed by atoms with Gasteiger partial charge in [0.25, 0.3) is 0 Å². The molecule has 0 radical (unpaired) electrons. The first-order chi connectivity index (χ1) is 8.52. The van der Waals surface area contributed by atoms with Crippen LogP contribution in [0.3, 0.4) is 0 Å². The minimum absolute atomic E-state index is 0.267. The van der Waals surface area contributed by atoms with Crippen molar-refractivity contribution in [2.24, 2.45) is 10.9 Å². The third kappa shape index (κ3) is 4.71. The summed E-state index contributed by atoms with van der Waals surface area (Å²) >= 11 is 0. The Morgan fingerprint density at radius 3 is 2.78 bits per heavy atom. The van der Waals surface area contributed by atoms with E-state index < -0.39 is 0 Å². The van der Waals surface area contributed by atoms with Gasteiger partial charge in [0.1, 0.15) is 5.84 Å². The van der Waals surface area contributed by atoms with Crippen molar-refractivity contribution in [3.63, 3.8) is 0 Å². The zero-order valence-corrected chi connectivity index (χ0v) is 11.3. The number of hydrogen-bond donors (Lipinski definition) is 2. The summed E-state index contributed by atoms with van der Waals surface area (Å²) in [6, 6.07) is 2.53. The van der Waals surface area contributed by atoms with Crippen molar-refractivity contribution in [2.45, 2.75) is 39.8 Å². The summed E-state index contributed by atoms with van der Waals surface area (Å²) in [5, 5.41) is 11.5. The molecular formula is C13H22N4O. The number of nitrogens with zero attached hydrogens (tertiary/aromatic N) is 3. The molecule has 1 rings (SSSR count). The van der Waals surface area contributed by atoms with E-state index in [1.165, 1.54) is 5.56 Å². The van der Waals surface area contributed by atoms with Crippen molar-refractivity contribution >= 4 is 5.84 Å². The fourth-order valence-electron chi connectivity index (χ4n) is 1.77. The second-order valence-electron chi connectivity index (χ2n) is 4.78. The third-order valence-corrected chi connectivity index (χ3v) is 2.83. The van der Waals surface area contributed by atoms with Gasteiger partial charge in [-0.1, -0.05) is 11.2 Å². The van der Waals surface area contributed by atoms with Crippen molar-refractivity contribution in [3.05, 3.63) is 29.6 Å². The summed E-state index contributed by atoms with van der Waals surface area (Å²) in [7, 11) is 0. The lowest BCUT2D eigenvalue weighted by molar-refractivity contribution is 0.217. The molecule has 0 aliphatic rings. The fourth-order valence-corrected chi connectivity index (χ4v) is 1.77. The van der Waals surface area contributed by atoms with Crippen LogP contribution in [0.4, 0.5) is 0 Å². The van der Waals surface area contributed by atoms with E-state index in [9.17, 15) is 0 Å². The summed E-state index contributed by atoms with van der Waals surface area (Å²) in [5.41, 5.74) is 7.84. The van der Waals surface area contributed by atoms with E-state index in [-0.39, 0.29) is 5.84 Å². The van der Waals surface area contributed by atoms with Gasteiger partial charge in [-0.05, 0) is 31.9 Å². The molecule has 5 heteroatoms. The number of hydrogen-bond acceptors (Lipinski definition) is 4. The number of aryl methyl sites for hydroxylation is 1. The smallest absolute Gasteiger partial charge is 0.140 e. The summed E-state index contributed by atoms with van der Waals surface area (Å²) < 4.78 is 0. The number of rotatable bonds is 6. The number of oxime groups is 1. The van der Waals surface area contributed by atoms with Crippen LogP contribution in [-0.4, -0.2) is 33.5 Å². The van der Waals surface area contributed by atoms with E-state index >= 15 is 0 Å². The molecule has 1 aromatic heterocycles. The molecule has 0 aliphatic carbocycles. The van der Waals surface area contributed by atoms with Gasteiger partial charge in [-0.25, -0.2) is 0 Å². The van der Waals surface area contributed by atoms with Crippen LogP contribution in [0.15, 0.2) is 23.6 Å². The van der Waals surface area contributed by atoms with E-state index in [1.807, 2.05) is 19.3 Å². The molecule has 0 unspecified atom stereocenters. The maximum absolute atomic E-state index is 8.55. The van der Waals surface area contributed by atoms with Gasteiger partial charge in [0.05, 0.1) is 0 Å². The van der Waals surface area contributed by atoms with E-state index in [0.717, 1.165) is 18.7 Å². The average molecular weight is 250 g/mol. The van der Waals surface area contributed by atoms with Crippen LogP contribution in [0.2, 0.25) is 0 Å². The van der Waals surface area contributed by atoms with E-state index in [4.69, 9.17) is 10.9 Å². The lowest BCUT2D eigenvalue weighted by Crippen LogP contribution is -2.33. The number of pyridine rings is 1. The van der Waals surface area contributed by atoms with Crippen LogP contribution in [0, 0.1) is 6.92 Å². The Labute approximate surface area is 108 Å². The molecule has 0 aromatic carbocycles. The van der Waals surface area contributed by atoms with Crippen molar-refractivity contribution in [3.8, 4) is 0 Å². The summed E-state index contributed by atoms with van der Waals surface area (Å²) in [6.45, 7) is 7.89. The molecule has 0 fully saturated rings. The summed E-state index contributed by atoms with van der Waals surface area (Å²) in [6.07, 6.45) is 4.29. The Morgan fingerprint density at radius 2 is 2.22 bits per heavy atom. The topological polar surface area (TPSA) is 74.7 Å². The van der Waals surface area contributed by atoms with Crippen LogP contribution >= 0.6 is 0 Å². The van der Waals surface area contributed by atoms with Gasteiger partial charge < -0.3 is 10.9 Å². The molecule has 1 aromatic rings. The van der Waals surface area contributed by atoms with Crippen molar-refractivity contribution in [2.75, 3.05) is 6.54 Å². The monoisotopic (exact) mass is 250 g/mol. The first-order valence-corrected chi connectivity index (χ1v) is 6.14. The number of amidine groups is 1. The Balaban J connectivity index is 2.63. The molecule has 3 N–H and O–H groups in total. The molecule has 5 nitrogen and oxygen atoms in total. The minimum Gasteiger partial charge on any atom is -0.409 e. The number of aromatic nitrogens is 1. The quantitative estimate of drug-likeness (QED) is 0.349. The van der Waals surface area contributed by atoms with Crippen molar-refractivity contribution in [1.82, 2.24) is 9.88 Å². The molecular weight excluding hydrogens is 228 g/mol. The highest BCUT2D eigenvalue weighted by atomic mass is 16.4. The Morgan fingerprint density at radius 1 is 1.50 bits per heavy atom. The maximum Gasteiger partial charge on any atom is 0.140 e. The zero-order valence-electron chi connectivity index (χ0n) is 11.3. The Bertz CT molecular complexity index is 404. The van der Waals surface area contributed by atoms with Crippen LogP contribution < -0.4 is 5.73 Å².